The molecule has 6 nitrogen and oxygen atoms in total. The first-order valence-electron chi connectivity index (χ1n) is 7.47. The molecule has 0 aliphatic carbocycles. The molecule has 0 atom stereocenters. The van der Waals surface area contributed by atoms with Crippen molar-refractivity contribution in [2.24, 2.45) is 0 Å². The van der Waals surface area contributed by atoms with Crippen LogP contribution in [0.25, 0.3) is 11.3 Å². The molecule has 3 aromatic rings. The number of nitrogens with zero attached hydrogens (tertiary/aromatic N) is 1. The Morgan fingerprint density at radius 3 is 2.44 bits per heavy atom. The van der Waals surface area contributed by atoms with Crippen LogP contribution in [-0.4, -0.2) is 17.0 Å². The summed E-state index contributed by atoms with van der Waals surface area (Å²) in [6.07, 6.45) is 0.114. The maximum atomic E-state index is 12.0. The third-order valence-corrected chi connectivity index (χ3v) is 3.65. The lowest BCUT2D eigenvalue weighted by Gasteiger charge is -2.05. The SMILES string of the molecule is O=C(Cc1ccc(Cl)cc1)NNC(=O)c1cc(-c2ccccc2)no1. The molecule has 3 rings (SSSR count). The van der Waals surface area contributed by atoms with Crippen LogP contribution in [0.5, 0.6) is 0 Å². The van der Waals surface area contributed by atoms with E-state index in [0.29, 0.717) is 10.7 Å². The van der Waals surface area contributed by atoms with Crippen LogP contribution in [0.2, 0.25) is 5.02 Å². The topological polar surface area (TPSA) is 84.2 Å². The Hall–Kier alpha value is -3.12. The number of hydrogen-bond acceptors (Lipinski definition) is 4. The van der Waals surface area contributed by atoms with E-state index < -0.39 is 5.91 Å². The van der Waals surface area contributed by atoms with Crippen LogP contribution < -0.4 is 10.9 Å². The van der Waals surface area contributed by atoms with E-state index >= 15 is 0 Å². The second-order valence-corrected chi connectivity index (χ2v) is 5.68. The smallest absolute Gasteiger partial charge is 0.308 e. The van der Waals surface area contributed by atoms with Gasteiger partial charge in [-0.15, -0.1) is 0 Å². The zero-order chi connectivity index (χ0) is 17.6. The van der Waals surface area contributed by atoms with Crippen molar-refractivity contribution in [1.29, 1.82) is 0 Å². The van der Waals surface area contributed by atoms with Crippen molar-refractivity contribution in [1.82, 2.24) is 16.0 Å². The monoisotopic (exact) mass is 355 g/mol. The summed E-state index contributed by atoms with van der Waals surface area (Å²) in [5.41, 5.74) is 6.78. The molecule has 0 bridgehead atoms. The lowest BCUT2D eigenvalue weighted by molar-refractivity contribution is -0.121. The summed E-state index contributed by atoms with van der Waals surface area (Å²) in [5.74, 6) is -0.941. The first-order chi connectivity index (χ1) is 12.1. The van der Waals surface area contributed by atoms with Gasteiger partial charge in [0.1, 0.15) is 5.69 Å². The van der Waals surface area contributed by atoms with Gasteiger partial charge in [-0.2, -0.15) is 0 Å². The predicted octanol–water partition coefficient (Wildman–Crippen LogP) is 3.00. The number of amides is 2. The average Bonchev–Trinajstić information content (AvgIpc) is 3.13. The molecular weight excluding hydrogens is 342 g/mol. The van der Waals surface area contributed by atoms with E-state index in [2.05, 4.69) is 16.0 Å². The lowest BCUT2D eigenvalue weighted by atomic mass is 10.1. The highest BCUT2D eigenvalue weighted by Gasteiger charge is 2.14. The minimum absolute atomic E-state index is 0.00523. The fourth-order valence-corrected chi connectivity index (χ4v) is 2.27. The van der Waals surface area contributed by atoms with Gasteiger partial charge in [-0.1, -0.05) is 59.2 Å². The van der Waals surface area contributed by atoms with E-state index in [4.69, 9.17) is 16.1 Å². The van der Waals surface area contributed by atoms with Gasteiger partial charge in [0.05, 0.1) is 6.42 Å². The molecule has 0 unspecified atom stereocenters. The summed E-state index contributed by atoms with van der Waals surface area (Å²) >= 11 is 5.79. The molecule has 25 heavy (non-hydrogen) atoms. The molecule has 2 aromatic carbocycles. The van der Waals surface area contributed by atoms with Crippen molar-refractivity contribution < 1.29 is 14.1 Å². The van der Waals surface area contributed by atoms with Crippen molar-refractivity contribution in [3.63, 3.8) is 0 Å². The third-order valence-electron chi connectivity index (χ3n) is 3.40. The number of hydrogen-bond donors (Lipinski definition) is 2. The first-order valence-corrected chi connectivity index (χ1v) is 7.85. The molecule has 126 valence electrons. The zero-order valence-corrected chi connectivity index (χ0v) is 13.8. The summed E-state index contributed by atoms with van der Waals surface area (Å²) in [4.78, 5) is 23.9. The maximum absolute atomic E-state index is 12.0. The van der Waals surface area contributed by atoms with Crippen molar-refractivity contribution in [3.8, 4) is 11.3 Å². The van der Waals surface area contributed by atoms with Crippen LogP contribution >= 0.6 is 11.6 Å². The minimum atomic E-state index is -0.584. The molecule has 0 saturated heterocycles. The van der Waals surface area contributed by atoms with Gasteiger partial charge >= 0.3 is 5.91 Å². The van der Waals surface area contributed by atoms with Gasteiger partial charge in [0, 0.05) is 16.7 Å². The highest BCUT2D eigenvalue weighted by molar-refractivity contribution is 6.30. The zero-order valence-electron chi connectivity index (χ0n) is 13.0. The molecular formula is C18H14ClN3O3. The number of rotatable bonds is 4. The van der Waals surface area contributed by atoms with Gasteiger partial charge < -0.3 is 4.52 Å². The van der Waals surface area contributed by atoms with Crippen molar-refractivity contribution >= 4 is 23.4 Å². The highest BCUT2D eigenvalue weighted by atomic mass is 35.5. The summed E-state index contributed by atoms with van der Waals surface area (Å²) in [7, 11) is 0. The number of benzene rings is 2. The van der Waals surface area contributed by atoms with E-state index in [1.54, 1.807) is 24.3 Å². The number of carbonyl (C=O) groups is 2. The molecule has 0 aliphatic rings. The maximum Gasteiger partial charge on any atom is 0.308 e. The largest absolute Gasteiger partial charge is 0.350 e. The Labute approximate surface area is 148 Å². The van der Waals surface area contributed by atoms with Crippen LogP contribution in [0.4, 0.5) is 0 Å². The molecule has 0 spiro atoms. The van der Waals surface area contributed by atoms with E-state index in [1.807, 2.05) is 30.3 Å². The van der Waals surface area contributed by atoms with Gasteiger partial charge in [0.15, 0.2) is 0 Å². The standard InChI is InChI=1S/C18H14ClN3O3/c19-14-8-6-12(7-9-14)10-17(23)20-21-18(24)16-11-15(22-25-16)13-4-2-1-3-5-13/h1-9,11H,10H2,(H,20,23)(H,21,24). The van der Waals surface area contributed by atoms with Gasteiger partial charge in [0.25, 0.3) is 0 Å². The van der Waals surface area contributed by atoms with E-state index in [0.717, 1.165) is 11.1 Å². The minimum Gasteiger partial charge on any atom is -0.350 e. The first kappa shape index (κ1) is 16.7. The average molecular weight is 356 g/mol. The normalized spacial score (nSPS) is 10.3. The lowest BCUT2D eigenvalue weighted by Crippen LogP contribution is -2.42. The van der Waals surface area contributed by atoms with Gasteiger partial charge in [-0.25, -0.2) is 0 Å². The number of halogens is 1. The van der Waals surface area contributed by atoms with Crippen LogP contribution in [0.3, 0.4) is 0 Å². The number of aromatic nitrogens is 1. The van der Waals surface area contributed by atoms with Crippen LogP contribution in [-0.2, 0) is 11.2 Å². The van der Waals surface area contributed by atoms with E-state index in [-0.39, 0.29) is 18.1 Å². The second-order valence-electron chi connectivity index (χ2n) is 5.25. The molecule has 0 radical (unpaired) electrons. The Balaban J connectivity index is 1.55. The Morgan fingerprint density at radius 2 is 1.72 bits per heavy atom. The van der Waals surface area contributed by atoms with Gasteiger partial charge in [0.2, 0.25) is 11.7 Å². The molecule has 7 heteroatoms. The number of hydrazine groups is 1. The quantitative estimate of drug-likeness (QED) is 0.705. The highest BCUT2D eigenvalue weighted by Crippen LogP contribution is 2.18. The van der Waals surface area contributed by atoms with Gasteiger partial charge in [-0.3, -0.25) is 20.4 Å². The summed E-state index contributed by atoms with van der Waals surface area (Å²) in [6.45, 7) is 0. The molecule has 0 aliphatic heterocycles. The van der Waals surface area contributed by atoms with E-state index in [1.165, 1.54) is 6.07 Å². The van der Waals surface area contributed by atoms with Crippen LogP contribution in [0.15, 0.2) is 65.2 Å². The van der Waals surface area contributed by atoms with E-state index in [9.17, 15) is 9.59 Å². The summed E-state index contributed by atoms with van der Waals surface area (Å²) in [5, 5.41) is 4.44. The van der Waals surface area contributed by atoms with Crippen molar-refractivity contribution in [2.45, 2.75) is 6.42 Å². The molecule has 2 amide bonds. The number of nitrogens with one attached hydrogen (secondary N) is 2. The predicted molar refractivity (Wildman–Crippen MR) is 92.7 cm³/mol. The molecule has 2 N–H and O–H groups in total. The van der Waals surface area contributed by atoms with Gasteiger partial charge in [-0.05, 0) is 17.7 Å². The fraction of sp³-hybridized carbons (Fsp3) is 0.0556. The molecule has 0 fully saturated rings. The van der Waals surface area contributed by atoms with Crippen molar-refractivity contribution in [2.75, 3.05) is 0 Å². The fourth-order valence-electron chi connectivity index (χ4n) is 2.15. The number of carbonyl (C=O) groups excluding carboxylic acids is 2. The van der Waals surface area contributed by atoms with Crippen LogP contribution in [0.1, 0.15) is 16.1 Å². The Morgan fingerprint density at radius 1 is 1.00 bits per heavy atom. The molecule has 1 aromatic heterocycles. The summed E-state index contributed by atoms with van der Waals surface area (Å²) in [6, 6.07) is 17.7. The van der Waals surface area contributed by atoms with Crippen LogP contribution in [0, 0.1) is 0 Å². The van der Waals surface area contributed by atoms with Crippen molar-refractivity contribution in [3.05, 3.63) is 77.0 Å². The molecule has 1 heterocycles. The Bertz CT molecular complexity index is 876. The second kappa shape index (κ2) is 7.63. The molecule has 0 saturated carbocycles. The third kappa shape index (κ3) is 4.45. The Kier molecular flexibility index (Phi) is 5.11. The summed E-state index contributed by atoms with van der Waals surface area (Å²) < 4.78 is 5.02.